The summed E-state index contributed by atoms with van der Waals surface area (Å²) in [4.78, 5) is 15.0. The van der Waals surface area contributed by atoms with E-state index in [0.29, 0.717) is 28.7 Å². The molecule has 0 unspecified atom stereocenters. The van der Waals surface area contributed by atoms with E-state index < -0.39 is 5.97 Å². The number of halogens is 1. The Morgan fingerprint density at radius 3 is 2.85 bits per heavy atom. The molecule has 7 heteroatoms. The minimum Gasteiger partial charge on any atom is -0.497 e. The van der Waals surface area contributed by atoms with Crippen molar-refractivity contribution in [3.63, 3.8) is 0 Å². The third-order valence-corrected chi connectivity index (χ3v) is 3.04. The van der Waals surface area contributed by atoms with E-state index in [-0.39, 0.29) is 5.82 Å². The third kappa shape index (κ3) is 2.75. The van der Waals surface area contributed by atoms with E-state index in [1.54, 1.807) is 25.3 Å². The van der Waals surface area contributed by atoms with Crippen LogP contribution >= 0.6 is 11.6 Å². The first-order valence-electron chi connectivity index (χ1n) is 6.10. The van der Waals surface area contributed by atoms with Gasteiger partial charge in [-0.1, -0.05) is 18.5 Å². The monoisotopic (exact) mass is 295 g/mol. The van der Waals surface area contributed by atoms with E-state index in [9.17, 15) is 4.79 Å². The number of ether oxygens (including phenoxy) is 1. The van der Waals surface area contributed by atoms with Crippen molar-refractivity contribution in [1.29, 1.82) is 0 Å². The molecule has 0 atom stereocenters. The van der Waals surface area contributed by atoms with Crippen LogP contribution in [-0.4, -0.2) is 33.0 Å². The first-order valence-corrected chi connectivity index (χ1v) is 6.47. The Kier molecular flexibility index (Phi) is 4.24. The van der Waals surface area contributed by atoms with E-state index in [0.717, 1.165) is 6.42 Å². The maximum Gasteiger partial charge on any atom is 0.375 e. The fourth-order valence-electron chi connectivity index (χ4n) is 1.80. The number of nitrogens with zero attached hydrogens (tertiary/aromatic N) is 3. The van der Waals surface area contributed by atoms with Crippen molar-refractivity contribution >= 4 is 17.6 Å². The van der Waals surface area contributed by atoms with Gasteiger partial charge in [-0.25, -0.2) is 14.5 Å². The number of rotatable bonds is 5. The molecular formula is C13H14ClN3O3. The van der Waals surface area contributed by atoms with Crippen LogP contribution in [0.25, 0.3) is 5.69 Å². The Balaban J connectivity index is 2.58. The molecule has 1 aromatic carbocycles. The number of methoxy groups -OCH3 is 1. The number of aromatic carboxylic acids is 1. The molecule has 0 amide bonds. The van der Waals surface area contributed by atoms with E-state index in [4.69, 9.17) is 21.4 Å². The number of aromatic nitrogens is 3. The third-order valence-electron chi connectivity index (χ3n) is 2.72. The first kappa shape index (κ1) is 14.3. The van der Waals surface area contributed by atoms with Gasteiger partial charge in [-0.15, -0.1) is 5.10 Å². The van der Waals surface area contributed by atoms with Crippen LogP contribution in [0, 0.1) is 0 Å². The second-order valence-electron chi connectivity index (χ2n) is 4.14. The zero-order valence-electron chi connectivity index (χ0n) is 11.1. The molecule has 0 saturated carbocycles. The Labute approximate surface area is 121 Å². The fourth-order valence-corrected chi connectivity index (χ4v) is 1.99. The van der Waals surface area contributed by atoms with Gasteiger partial charge in [0.1, 0.15) is 11.6 Å². The van der Waals surface area contributed by atoms with E-state index in [1.807, 2.05) is 6.92 Å². The molecule has 1 heterocycles. The van der Waals surface area contributed by atoms with E-state index >= 15 is 0 Å². The summed E-state index contributed by atoms with van der Waals surface area (Å²) in [7, 11) is 1.55. The van der Waals surface area contributed by atoms with Crippen LogP contribution in [0.4, 0.5) is 0 Å². The van der Waals surface area contributed by atoms with E-state index in [1.165, 1.54) is 4.68 Å². The summed E-state index contributed by atoms with van der Waals surface area (Å²) >= 11 is 6.16. The SMILES string of the molecule is CCCc1nc(C(=O)O)nn1-c1cc(OC)ccc1Cl. The molecule has 106 valence electrons. The second-order valence-corrected chi connectivity index (χ2v) is 4.54. The topological polar surface area (TPSA) is 77.2 Å². The Morgan fingerprint density at radius 2 is 2.25 bits per heavy atom. The average Bonchev–Trinajstić information content (AvgIpc) is 2.84. The zero-order valence-corrected chi connectivity index (χ0v) is 11.9. The maximum atomic E-state index is 11.0. The Morgan fingerprint density at radius 1 is 1.50 bits per heavy atom. The Bertz CT molecular complexity index is 640. The van der Waals surface area contributed by atoms with Gasteiger partial charge in [-0.2, -0.15) is 0 Å². The summed E-state index contributed by atoms with van der Waals surface area (Å²) in [5.74, 6) is -0.244. The van der Waals surface area contributed by atoms with Crippen molar-refractivity contribution in [2.75, 3.05) is 7.11 Å². The smallest absolute Gasteiger partial charge is 0.375 e. The summed E-state index contributed by atoms with van der Waals surface area (Å²) in [6.07, 6.45) is 1.42. The van der Waals surface area contributed by atoms with Gasteiger partial charge in [0.15, 0.2) is 0 Å². The van der Waals surface area contributed by atoms with Crippen LogP contribution in [0.3, 0.4) is 0 Å². The van der Waals surface area contributed by atoms with Crippen molar-refractivity contribution in [2.45, 2.75) is 19.8 Å². The number of carbonyl (C=O) groups is 1. The van der Waals surface area contributed by atoms with Gasteiger partial charge in [-0.05, 0) is 18.6 Å². The van der Waals surface area contributed by atoms with Crippen molar-refractivity contribution in [2.24, 2.45) is 0 Å². The van der Waals surface area contributed by atoms with Crippen molar-refractivity contribution in [3.8, 4) is 11.4 Å². The summed E-state index contributed by atoms with van der Waals surface area (Å²) < 4.78 is 6.61. The summed E-state index contributed by atoms with van der Waals surface area (Å²) in [6.45, 7) is 1.98. The highest BCUT2D eigenvalue weighted by atomic mass is 35.5. The number of carboxylic acid groups (broad SMARTS) is 1. The fraction of sp³-hybridized carbons (Fsp3) is 0.308. The van der Waals surface area contributed by atoms with Gasteiger partial charge in [0.05, 0.1) is 17.8 Å². The zero-order chi connectivity index (χ0) is 14.7. The highest BCUT2D eigenvalue weighted by Gasteiger charge is 2.18. The van der Waals surface area contributed by atoms with Gasteiger partial charge in [0.2, 0.25) is 0 Å². The van der Waals surface area contributed by atoms with Gasteiger partial charge in [0, 0.05) is 12.5 Å². The van der Waals surface area contributed by atoms with Gasteiger partial charge < -0.3 is 9.84 Å². The van der Waals surface area contributed by atoms with Crippen LogP contribution in [0.5, 0.6) is 5.75 Å². The van der Waals surface area contributed by atoms with Crippen LogP contribution < -0.4 is 4.74 Å². The van der Waals surface area contributed by atoms with Gasteiger partial charge >= 0.3 is 5.97 Å². The molecular weight excluding hydrogens is 282 g/mol. The highest BCUT2D eigenvalue weighted by Crippen LogP contribution is 2.26. The number of benzene rings is 1. The lowest BCUT2D eigenvalue weighted by atomic mass is 10.2. The molecule has 0 spiro atoms. The highest BCUT2D eigenvalue weighted by molar-refractivity contribution is 6.32. The summed E-state index contributed by atoms with van der Waals surface area (Å²) in [5, 5.41) is 13.5. The largest absolute Gasteiger partial charge is 0.497 e. The molecule has 0 aliphatic carbocycles. The van der Waals surface area contributed by atoms with Crippen LogP contribution in [0.2, 0.25) is 5.02 Å². The molecule has 2 rings (SSSR count). The lowest BCUT2D eigenvalue weighted by Gasteiger charge is -2.09. The normalized spacial score (nSPS) is 10.6. The number of carboxylic acids is 1. The average molecular weight is 296 g/mol. The molecule has 0 saturated heterocycles. The van der Waals surface area contributed by atoms with Gasteiger partial charge in [0.25, 0.3) is 5.82 Å². The molecule has 20 heavy (non-hydrogen) atoms. The van der Waals surface area contributed by atoms with Crippen molar-refractivity contribution < 1.29 is 14.6 Å². The summed E-state index contributed by atoms with van der Waals surface area (Å²) in [6, 6.07) is 5.09. The predicted molar refractivity (Wildman–Crippen MR) is 73.9 cm³/mol. The minimum absolute atomic E-state index is 0.243. The van der Waals surface area contributed by atoms with Crippen LogP contribution in [0.1, 0.15) is 29.8 Å². The molecule has 0 radical (unpaired) electrons. The Hall–Kier alpha value is -2.08. The first-order chi connectivity index (χ1) is 9.56. The maximum absolute atomic E-state index is 11.0. The molecule has 0 aliphatic heterocycles. The quantitative estimate of drug-likeness (QED) is 0.917. The van der Waals surface area contributed by atoms with Crippen molar-refractivity contribution in [3.05, 3.63) is 34.9 Å². The second kappa shape index (κ2) is 5.92. The lowest BCUT2D eigenvalue weighted by molar-refractivity contribution is 0.0683. The lowest BCUT2D eigenvalue weighted by Crippen LogP contribution is -2.05. The number of hydrogen-bond acceptors (Lipinski definition) is 4. The minimum atomic E-state index is -1.17. The standard InChI is InChI=1S/C13H14ClN3O3/c1-3-4-11-15-12(13(18)19)16-17(11)10-7-8(20-2)5-6-9(10)14/h5-7H,3-4H2,1-2H3,(H,18,19). The molecule has 0 bridgehead atoms. The molecule has 0 aliphatic rings. The van der Waals surface area contributed by atoms with Crippen LogP contribution in [-0.2, 0) is 6.42 Å². The predicted octanol–water partition coefficient (Wildman–Crippen LogP) is 2.58. The number of hydrogen-bond donors (Lipinski definition) is 1. The van der Waals surface area contributed by atoms with Gasteiger partial charge in [-0.3, -0.25) is 0 Å². The molecule has 6 nitrogen and oxygen atoms in total. The molecule has 2 aromatic rings. The van der Waals surface area contributed by atoms with Crippen molar-refractivity contribution in [1.82, 2.24) is 14.8 Å². The molecule has 0 fully saturated rings. The molecule has 1 aromatic heterocycles. The molecule has 1 N–H and O–H groups in total. The van der Waals surface area contributed by atoms with E-state index in [2.05, 4.69) is 10.1 Å². The van der Waals surface area contributed by atoms with Crippen LogP contribution in [0.15, 0.2) is 18.2 Å². The number of aryl methyl sites for hydroxylation is 1. The summed E-state index contributed by atoms with van der Waals surface area (Å²) in [5.41, 5.74) is 0.550.